The fraction of sp³-hybridized carbons (Fsp3) is 0.556. The van der Waals surface area contributed by atoms with Gasteiger partial charge in [0.05, 0.1) is 0 Å². The van der Waals surface area contributed by atoms with Crippen LogP contribution in [0.3, 0.4) is 0 Å². The van der Waals surface area contributed by atoms with E-state index in [0.29, 0.717) is 3.43 Å². The van der Waals surface area contributed by atoms with Crippen molar-refractivity contribution in [1.82, 2.24) is 0 Å². The van der Waals surface area contributed by atoms with Crippen LogP contribution in [0.25, 0.3) is 0 Å². The van der Waals surface area contributed by atoms with Gasteiger partial charge in [0.2, 0.25) is 0 Å². The second-order valence-electron chi connectivity index (χ2n) is 3.70. The molecule has 0 bridgehead atoms. The first kappa shape index (κ1) is 8.38. The molecule has 0 aliphatic heterocycles. The zero-order valence-electron chi connectivity index (χ0n) is 6.94. The Morgan fingerprint density at radius 2 is 2.10 bits per heavy atom. The average Bonchev–Trinajstić information content (AvgIpc) is 2.12. The summed E-state index contributed by atoms with van der Waals surface area (Å²) >= 11 is -0.247. The van der Waals surface area contributed by atoms with Gasteiger partial charge in [0.15, 0.2) is 0 Å². The monoisotopic (exact) mass is 242 g/mol. The molecule has 0 amide bonds. The second-order valence-corrected chi connectivity index (χ2v) is 10.5. The van der Waals surface area contributed by atoms with E-state index in [0.717, 1.165) is 0 Å². The third kappa shape index (κ3) is 2.91. The van der Waals surface area contributed by atoms with Crippen LogP contribution in [0.5, 0.6) is 0 Å². The van der Waals surface area contributed by atoms with E-state index in [4.69, 9.17) is 0 Å². The standard InChI is InChI=1S/C5H5.C4H9.Sn/c1-2-4-5-3-1;1-4(2)3;/h1-3H,4H2;1-3H3;. The van der Waals surface area contributed by atoms with E-state index in [9.17, 15) is 0 Å². The topological polar surface area (TPSA) is 0 Å². The number of rotatable bonds is 1. The Morgan fingerprint density at radius 3 is 2.50 bits per heavy atom. The van der Waals surface area contributed by atoms with Crippen molar-refractivity contribution in [3.8, 4) is 0 Å². The van der Waals surface area contributed by atoms with E-state index >= 15 is 0 Å². The van der Waals surface area contributed by atoms with Crippen LogP contribution >= 0.6 is 0 Å². The zero-order valence-corrected chi connectivity index (χ0v) is 9.79. The Morgan fingerprint density at radius 1 is 1.40 bits per heavy atom. The van der Waals surface area contributed by atoms with Gasteiger partial charge >= 0.3 is 73.6 Å². The molecule has 1 aliphatic carbocycles. The van der Waals surface area contributed by atoms with Crippen LogP contribution in [0.1, 0.15) is 27.2 Å². The van der Waals surface area contributed by atoms with Crippen LogP contribution in [0.4, 0.5) is 0 Å². The van der Waals surface area contributed by atoms with E-state index in [1.54, 1.807) is 3.59 Å². The van der Waals surface area contributed by atoms with Crippen molar-refractivity contribution in [3.63, 3.8) is 0 Å². The normalized spacial score (nSPS) is 17.7. The molecule has 0 fully saturated rings. The summed E-state index contributed by atoms with van der Waals surface area (Å²) in [6.07, 6.45) is 8.03. The molecule has 1 aliphatic rings. The van der Waals surface area contributed by atoms with Crippen LogP contribution in [-0.2, 0) is 0 Å². The zero-order chi connectivity index (χ0) is 7.61. The quantitative estimate of drug-likeness (QED) is 0.619. The van der Waals surface area contributed by atoms with Gasteiger partial charge in [0, 0.05) is 0 Å². The van der Waals surface area contributed by atoms with Gasteiger partial charge in [-0.1, -0.05) is 0 Å². The Bertz CT molecular complexity index is 170. The van der Waals surface area contributed by atoms with Crippen LogP contribution in [0.15, 0.2) is 21.8 Å². The Kier molecular flexibility index (Phi) is 2.61. The summed E-state index contributed by atoms with van der Waals surface area (Å²) < 4.78 is 2.37. The van der Waals surface area contributed by atoms with Crippen molar-refractivity contribution in [2.75, 3.05) is 0 Å². The summed E-state index contributed by atoms with van der Waals surface area (Å²) in [5, 5.41) is 0. The van der Waals surface area contributed by atoms with Crippen molar-refractivity contribution in [3.05, 3.63) is 21.8 Å². The van der Waals surface area contributed by atoms with Gasteiger partial charge in [0.25, 0.3) is 0 Å². The molecule has 0 unspecified atom stereocenters. The van der Waals surface area contributed by atoms with E-state index in [1.165, 1.54) is 6.42 Å². The molecule has 1 heteroatoms. The van der Waals surface area contributed by atoms with Crippen molar-refractivity contribution in [2.24, 2.45) is 0 Å². The van der Waals surface area contributed by atoms with Gasteiger partial charge in [-0.2, -0.15) is 0 Å². The van der Waals surface area contributed by atoms with Gasteiger partial charge in [-0.3, -0.25) is 0 Å². The first-order valence-corrected chi connectivity index (χ1v) is 6.57. The van der Waals surface area contributed by atoms with Crippen LogP contribution in [0, 0.1) is 0 Å². The third-order valence-corrected chi connectivity index (χ3v) is 5.42. The maximum atomic E-state index is 2.36. The van der Waals surface area contributed by atoms with Gasteiger partial charge in [-0.05, 0) is 0 Å². The molecule has 1 rings (SSSR count). The molecule has 0 nitrogen and oxygen atoms in total. The molecule has 0 aromatic heterocycles. The molecule has 0 heterocycles. The van der Waals surface area contributed by atoms with Gasteiger partial charge in [-0.15, -0.1) is 0 Å². The third-order valence-electron chi connectivity index (χ3n) is 1.31. The molecule has 0 spiro atoms. The van der Waals surface area contributed by atoms with Gasteiger partial charge in [0.1, 0.15) is 0 Å². The van der Waals surface area contributed by atoms with Crippen LogP contribution in [0.2, 0.25) is 3.43 Å². The Labute approximate surface area is 73.6 Å². The fourth-order valence-electron chi connectivity index (χ4n) is 1.02. The summed E-state index contributed by atoms with van der Waals surface area (Å²) in [7, 11) is 0. The van der Waals surface area contributed by atoms with Crippen LogP contribution in [-0.4, -0.2) is 21.1 Å². The van der Waals surface area contributed by atoms with E-state index in [2.05, 4.69) is 39.0 Å². The van der Waals surface area contributed by atoms with E-state index in [1.807, 2.05) is 0 Å². The predicted molar refractivity (Wildman–Crippen MR) is 47.3 cm³/mol. The second kappa shape index (κ2) is 3.12. The van der Waals surface area contributed by atoms with Crippen molar-refractivity contribution >= 4 is 21.1 Å². The summed E-state index contributed by atoms with van der Waals surface area (Å²) in [6.45, 7) is 7.08. The summed E-state index contributed by atoms with van der Waals surface area (Å²) in [5.74, 6) is 0. The van der Waals surface area contributed by atoms with Crippen molar-refractivity contribution in [2.45, 2.75) is 30.6 Å². The molecule has 10 heavy (non-hydrogen) atoms. The summed E-state index contributed by atoms with van der Waals surface area (Å²) in [5.41, 5.74) is 0. The minimum atomic E-state index is -0.247. The molecular formula is C9H14Sn. The fourth-order valence-corrected chi connectivity index (χ4v) is 4.91. The van der Waals surface area contributed by atoms with Gasteiger partial charge < -0.3 is 0 Å². The molecule has 0 saturated heterocycles. The van der Waals surface area contributed by atoms with Crippen molar-refractivity contribution in [1.29, 1.82) is 0 Å². The number of hydrogen-bond acceptors (Lipinski definition) is 0. The molecule has 0 N–H and O–H groups in total. The average molecular weight is 241 g/mol. The SMILES string of the molecule is C[C](C)(C)[Sn][C]1=CC=CC1. The van der Waals surface area contributed by atoms with Gasteiger partial charge in [-0.25, -0.2) is 0 Å². The van der Waals surface area contributed by atoms with Crippen LogP contribution < -0.4 is 0 Å². The predicted octanol–water partition coefficient (Wildman–Crippen LogP) is 2.75. The van der Waals surface area contributed by atoms with E-state index in [-0.39, 0.29) is 21.1 Å². The van der Waals surface area contributed by atoms with Crippen molar-refractivity contribution < 1.29 is 0 Å². The first-order chi connectivity index (χ1) is 4.58. The number of allylic oxidation sites excluding steroid dienone is 4. The number of hydrogen-bond donors (Lipinski definition) is 0. The molecular weight excluding hydrogens is 227 g/mol. The molecule has 2 radical (unpaired) electrons. The summed E-state index contributed by atoms with van der Waals surface area (Å²) in [4.78, 5) is 0. The molecule has 0 aromatic rings. The first-order valence-electron chi connectivity index (χ1n) is 3.72. The Balaban J connectivity index is 2.41. The maximum absolute atomic E-state index is 2.36. The molecule has 54 valence electrons. The minimum absolute atomic E-state index is 0.247. The Hall–Kier alpha value is 0.279. The molecule has 0 atom stereocenters. The molecule has 0 saturated carbocycles. The van der Waals surface area contributed by atoms with E-state index < -0.39 is 0 Å². The molecule has 0 aromatic carbocycles. The summed E-state index contributed by atoms with van der Waals surface area (Å²) in [6, 6.07) is 0.